The lowest BCUT2D eigenvalue weighted by atomic mass is 10.0. The molecule has 1 atom stereocenters. The zero-order valence-electron chi connectivity index (χ0n) is 10.3. The van der Waals surface area contributed by atoms with Crippen molar-refractivity contribution in [2.75, 3.05) is 12.3 Å². The van der Waals surface area contributed by atoms with Crippen molar-refractivity contribution in [3.63, 3.8) is 0 Å². The Morgan fingerprint density at radius 3 is 3.11 bits per heavy atom. The molecule has 0 radical (unpaired) electrons. The number of rotatable bonds is 2. The molecule has 0 aliphatic carbocycles. The highest BCUT2D eigenvalue weighted by Crippen LogP contribution is 2.32. The molecule has 0 spiro atoms. The van der Waals surface area contributed by atoms with E-state index in [1.54, 1.807) is 0 Å². The highest BCUT2D eigenvalue weighted by atomic mass is 35.5. The van der Waals surface area contributed by atoms with Crippen LogP contribution in [0.1, 0.15) is 19.8 Å². The number of imidazole rings is 1. The van der Waals surface area contributed by atoms with Crippen LogP contribution >= 0.6 is 11.6 Å². The fourth-order valence-electron chi connectivity index (χ4n) is 2.62. The highest BCUT2D eigenvalue weighted by Gasteiger charge is 2.31. The summed E-state index contributed by atoms with van der Waals surface area (Å²) in [7, 11) is 0. The van der Waals surface area contributed by atoms with Crippen LogP contribution in [0.4, 0.5) is 5.95 Å². The van der Waals surface area contributed by atoms with Crippen LogP contribution in [-0.2, 0) is 11.3 Å². The summed E-state index contributed by atoms with van der Waals surface area (Å²) in [6.07, 6.45) is 2.13. The van der Waals surface area contributed by atoms with Gasteiger partial charge in [0.2, 0.25) is 5.95 Å². The van der Waals surface area contributed by atoms with Crippen LogP contribution in [0.2, 0.25) is 5.02 Å². The topological polar surface area (TPSA) is 53.1 Å². The van der Waals surface area contributed by atoms with Crippen molar-refractivity contribution in [3.05, 3.63) is 23.2 Å². The second-order valence-electron chi connectivity index (χ2n) is 5.07. The van der Waals surface area contributed by atoms with E-state index in [0.717, 1.165) is 30.5 Å². The molecule has 3 rings (SSSR count). The van der Waals surface area contributed by atoms with Crippen LogP contribution in [0, 0.1) is 0 Å². The number of halogens is 1. The number of ether oxygens (including phenoxy) is 1. The van der Waals surface area contributed by atoms with E-state index in [-0.39, 0.29) is 5.60 Å². The zero-order valence-corrected chi connectivity index (χ0v) is 11.1. The van der Waals surface area contributed by atoms with E-state index in [0.29, 0.717) is 17.5 Å². The smallest absolute Gasteiger partial charge is 0.201 e. The van der Waals surface area contributed by atoms with Gasteiger partial charge in [0.25, 0.3) is 0 Å². The third kappa shape index (κ3) is 1.85. The first-order valence-electron chi connectivity index (χ1n) is 6.13. The van der Waals surface area contributed by atoms with Gasteiger partial charge < -0.3 is 15.0 Å². The quantitative estimate of drug-likeness (QED) is 0.908. The van der Waals surface area contributed by atoms with E-state index in [9.17, 15) is 0 Å². The Labute approximate surface area is 111 Å². The number of hydrogen-bond acceptors (Lipinski definition) is 3. The van der Waals surface area contributed by atoms with E-state index in [4.69, 9.17) is 22.1 Å². The Bertz CT molecular complexity index is 587. The second-order valence-corrected chi connectivity index (χ2v) is 5.47. The summed E-state index contributed by atoms with van der Waals surface area (Å²) < 4.78 is 7.77. The lowest BCUT2D eigenvalue weighted by Gasteiger charge is -2.24. The van der Waals surface area contributed by atoms with E-state index in [1.165, 1.54) is 0 Å². The van der Waals surface area contributed by atoms with Crippen LogP contribution < -0.4 is 5.73 Å². The minimum Gasteiger partial charge on any atom is -0.373 e. The van der Waals surface area contributed by atoms with Gasteiger partial charge in [-0.05, 0) is 31.9 Å². The Morgan fingerprint density at radius 2 is 2.39 bits per heavy atom. The van der Waals surface area contributed by atoms with E-state index < -0.39 is 0 Å². The van der Waals surface area contributed by atoms with E-state index in [2.05, 4.69) is 11.9 Å². The molecule has 0 saturated carbocycles. The third-order valence-electron chi connectivity index (χ3n) is 3.54. The van der Waals surface area contributed by atoms with Crippen molar-refractivity contribution in [1.82, 2.24) is 9.55 Å². The molecule has 1 aliphatic heterocycles. The molecule has 96 valence electrons. The van der Waals surface area contributed by atoms with Crippen LogP contribution in [0.25, 0.3) is 11.0 Å². The van der Waals surface area contributed by atoms with Gasteiger partial charge in [-0.1, -0.05) is 17.7 Å². The molecular formula is C13H16ClN3O. The monoisotopic (exact) mass is 265 g/mol. The first-order chi connectivity index (χ1) is 8.59. The van der Waals surface area contributed by atoms with Crippen LogP contribution in [-0.4, -0.2) is 21.8 Å². The SMILES string of the molecule is CC1(Cn2c(N)nc3cccc(Cl)c32)CCCO1. The molecule has 18 heavy (non-hydrogen) atoms. The number of benzene rings is 1. The summed E-state index contributed by atoms with van der Waals surface area (Å²) in [5, 5.41) is 0.679. The molecule has 2 N–H and O–H groups in total. The molecule has 1 aromatic heterocycles. The van der Waals surface area contributed by atoms with Gasteiger partial charge in [0.15, 0.2) is 0 Å². The number of aromatic nitrogens is 2. The number of nitrogen functional groups attached to an aromatic ring is 1. The Morgan fingerprint density at radius 1 is 1.56 bits per heavy atom. The van der Waals surface area contributed by atoms with Crippen molar-refractivity contribution >= 4 is 28.6 Å². The molecule has 1 aromatic carbocycles. The van der Waals surface area contributed by atoms with Crippen molar-refractivity contribution in [3.8, 4) is 0 Å². The van der Waals surface area contributed by atoms with Gasteiger partial charge >= 0.3 is 0 Å². The minimum atomic E-state index is -0.166. The lowest BCUT2D eigenvalue weighted by Crippen LogP contribution is -2.30. The van der Waals surface area contributed by atoms with Crippen LogP contribution in [0.15, 0.2) is 18.2 Å². The van der Waals surface area contributed by atoms with Crippen LogP contribution in [0.3, 0.4) is 0 Å². The average molecular weight is 266 g/mol. The van der Waals surface area contributed by atoms with Crippen molar-refractivity contribution in [2.45, 2.75) is 31.9 Å². The molecule has 1 fully saturated rings. The molecule has 1 unspecified atom stereocenters. The predicted molar refractivity (Wildman–Crippen MR) is 72.7 cm³/mol. The van der Waals surface area contributed by atoms with Gasteiger partial charge in [-0.3, -0.25) is 0 Å². The minimum absolute atomic E-state index is 0.166. The average Bonchev–Trinajstić information content (AvgIpc) is 2.86. The molecule has 0 bridgehead atoms. The fraction of sp³-hybridized carbons (Fsp3) is 0.462. The summed E-state index contributed by atoms with van der Waals surface area (Å²) in [6, 6.07) is 5.67. The Balaban J connectivity index is 2.08. The Kier molecular flexibility index (Phi) is 2.72. The fourth-order valence-corrected chi connectivity index (χ4v) is 2.89. The predicted octanol–water partition coefficient (Wildman–Crippen LogP) is 2.84. The number of fused-ring (bicyclic) bond motifs is 1. The Hall–Kier alpha value is -1.26. The van der Waals surface area contributed by atoms with Gasteiger partial charge in [0.1, 0.15) is 0 Å². The maximum absolute atomic E-state index is 6.25. The first-order valence-corrected chi connectivity index (χ1v) is 6.51. The molecule has 1 aliphatic rings. The van der Waals surface area contributed by atoms with Crippen molar-refractivity contribution in [2.24, 2.45) is 0 Å². The number of anilines is 1. The maximum Gasteiger partial charge on any atom is 0.201 e. The lowest BCUT2D eigenvalue weighted by molar-refractivity contribution is 0.00751. The second kappa shape index (κ2) is 4.14. The van der Waals surface area contributed by atoms with Gasteiger partial charge in [0, 0.05) is 6.61 Å². The summed E-state index contributed by atoms with van der Waals surface area (Å²) in [5.41, 5.74) is 7.56. The zero-order chi connectivity index (χ0) is 12.8. The number of para-hydroxylation sites is 1. The van der Waals surface area contributed by atoms with Gasteiger partial charge in [0.05, 0.1) is 28.2 Å². The standard InChI is InChI=1S/C13H16ClN3O/c1-13(6-3-7-18-13)8-17-11-9(14)4-2-5-10(11)16-12(17)15/h2,4-5H,3,6-8H2,1H3,(H2,15,16). The highest BCUT2D eigenvalue weighted by molar-refractivity contribution is 6.35. The molecule has 2 aromatic rings. The normalized spacial score (nSPS) is 23.9. The van der Waals surface area contributed by atoms with E-state index in [1.807, 2.05) is 22.8 Å². The first kappa shape index (κ1) is 11.8. The maximum atomic E-state index is 6.25. The largest absolute Gasteiger partial charge is 0.373 e. The summed E-state index contributed by atoms with van der Waals surface area (Å²) in [6.45, 7) is 3.62. The van der Waals surface area contributed by atoms with E-state index >= 15 is 0 Å². The van der Waals surface area contributed by atoms with Crippen molar-refractivity contribution < 1.29 is 4.74 Å². The number of nitrogens with two attached hydrogens (primary N) is 1. The van der Waals surface area contributed by atoms with Crippen molar-refractivity contribution in [1.29, 1.82) is 0 Å². The molecule has 1 saturated heterocycles. The number of hydrogen-bond donors (Lipinski definition) is 1. The number of nitrogens with zero attached hydrogens (tertiary/aromatic N) is 2. The van der Waals surface area contributed by atoms with Gasteiger partial charge in [-0.15, -0.1) is 0 Å². The summed E-state index contributed by atoms with van der Waals surface area (Å²) in [5.74, 6) is 0.495. The summed E-state index contributed by atoms with van der Waals surface area (Å²) >= 11 is 6.25. The molecule has 5 heteroatoms. The molecule has 2 heterocycles. The van der Waals surface area contributed by atoms with Gasteiger partial charge in [-0.2, -0.15) is 0 Å². The third-order valence-corrected chi connectivity index (χ3v) is 3.85. The summed E-state index contributed by atoms with van der Waals surface area (Å²) in [4.78, 5) is 4.35. The van der Waals surface area contributed by atoms with Crippen LogP contribution in [0.5, 0.6) is 0 Å². The van der Waals surface area contributed by atoms with Gasteiger partial charge in [-0.25, -0.2) is 4.98 Å². The molecule has 0 amide bonds. The molecular weight excluding hydrogens is 250 g/mol. The molecule has 4 nitrogen and oxygen atoms in total.